The fraction of sp³-hybridized carbons (Fsp3) is 0.364. The van der Waals surface area contributed by atoms with Gasteiger partial charge in [-0.05, 0) is 11.1 Å². The molecule has 1 aliphatic heterocycles. The van der Waals surface area contributed by atoms with E-state index in [-0.39, 0.29) is 11.8 Å². The standard InChI is InChI=1S/C11H14N2O2/c1-15-13-11(14)10-7-12-6-8-4-2-3-5-9(8)10/h2-5,10,12H,6-7H2,1H3,(H,13,14). The predicted octanol–water partition coefficient (Wildman–Crippen LogP) is 0.551. The minimum atomic E-state index is -0.158. The maximum absolute atomic E-state index is 11.7. The first-order valence-electron chi connectivity index (χ1n) is 4.94. The molecule has 1 aliphatic rings. The molecular weight excluding hydrogens is 192 g/mol. The summed E-state index contributed by atoms with van der Waals surface area (Å²) in [5.74, 6) is -0.257. The SMILES string of the molecule is CONC(=O)C1CNCc2ccccc21. The lowest BCUT2D eigenvalue weighted by Gasteiger charge is -2.24. The van der Waals surface area contributed by atoms with Gasteiger partial charge in [0, 0.05) is 13.1 Å². The summed E-state index contributed by atoms with van der Waals surface area (Å²) < 4.78 is 0. The number of carbonyl (C=O) groups excluding carboxylic acids is 1. The molecule has 1 unspecified atom stereocenters. The quantitative estimate of drug-likeness (QED) is 0.695. The van der Waals surface area contributed by atoms with Gasteiger partial charge in [0.15, 0.2) is 0 Å². The molecule has 80 valence electrons. The lowest BCUT2D eigenvalue weighted by atomic mass is 9.90. The molecule has 0 saturated carbocycles. The summed E-state index contributed by atoms with van der Waals surface area (Å²) in [5.41, 5.74) is 4.65. The van der Waals surface area contributed by atoms with E-state index < -0.39 is 0 Å². The number of benzene rings is 1. The monoisotopic (exact) mass is 206 g/mol. The second-order valence-corrected chi connectivity index (χ2v) is 3.55. The average molecular weight is 206 g/mol. The van der Waals surface area contributed by atoms with Crippen molar-refractivity contribution >= 4 is 5.91 Å². The Morgan fingerprint density at radius 1 is 1.53 bits per heavy atom. The fourth-order valence-electron chi connectivity index (χ4n) is 1.90. The van der Waals surface area contributed by atoms with Crippen LogP contribution in [0.4, 0.5) is 0 Å². The summed E-state index contributed by atoms with van der Waals surface area (Å²) >= 11 is 0. The van der Waals surface area contributed by atoms with E-state index in [2.05, 4.69) is 15.6 Å². The van der Waals surface area contributed by atoms with Crippen LogP contribution in [0.15, 0.2) is 24.3 Å². The smallest absolute Gasteiger partial charge is 0.252 e. The summed E-state index contributed by atoms with van der Waals surface area (Å²) in [6.45, 7) is 1.49. The first kappa shape index (κ1) is 10.1. The van der Waals surface area contributed by atoms with Crippen molar-refractivity contribution in [1.82, 2.24) is 10.8 Å². The highest BCUT2D eigenvalue weighted by molar-refractivity contribution is 5.83. The lowest BCUT2D eigenvalue weighted by molar-refractivity contribution is -0.132. The molecule has 0 aliphatic carbocycles. The van der Waals surface area contributed by atoms with E-state index in [0.29, 0.717) is 6.54 Å². The Kier molecular flexibility index (Phi) is 2.99. The molecule has 1 atom stereocenters. The molecule has 0 spiro atoms. The molecule has 1 aromatic rings. The van der Waals surface area contributed by atoms with E-state index in [0.717, 1.165) is 12.1 Å². The van der Waals surface area contributed by atoms with Gasteiger partial charge < -0.3 is 5.32 Å². The molecule has 4 heteroatoms. The molecule has 1 heterocycles. The Morgan fingerprint density at radius 3 is 3.13 bits per heavy atom. The Morgan fingerprint density at radius 2 is 2.33 bits per heavy atom. The molecule has 4 nitrogen and oxygen atoms in total. The van der Waals surface area contributed by atoms with Gasteiger partial charge in [0.05, 0.1) is 13.0 Å². The summed E-state index contributed by atoms with van der Waals surface area (Å²) in [7, 11) is 1.44. The van der Waals surface area contributed by atoms with Gasteiger partial charge in [-0.25, -0.2) is 5.48 Å². The average Bonchev–Trinajstić information content (AvgIpc) is 2.28. The van der Waals surface area contributed by atoms with Crippen molar-refractivity contribution in [3.8, 4) is 0 Å². The third-order valence-electron chi connectivity index (χ3n) is 2.61. The normalized spacial score (nSPS) is 19.4. The van der Waals surface area contributed by atoms with E-state index in [1.54, 1.807) is 0 Å². The van der Waals surface area contributed by atoms with Gasteiger partial charge >= 0.3 is 0 Å². The largest absolute Gasteiger partial charge is 0.312 e. The van der Waals surface area contributed by atoms with Crippen molar-refractivity contribution in [2.45, 2.75) is 12.5 Å². The summed E-state index contributed by atoms with van der Waals surface area (Å²) in [6.07, 6.45) is 0. The van der Waals surface area contributed by atoms with Crippen LogP contribution in [0.3, 0.4) is 0 Å². The van der Waals surface area contributed by atoms with Gasteiger partial charge in [-0.15, -0.1) is 0 Å². The second kappa shape index (κ2) is 4.42. The minimum absolute atomic E-state index is 0.0999. The predicted molar refractivity (Wildman–Crippen MR) is 56.0 cm³/mol. The third kappa shape index (κ3) is 2.00. The van der Waals surface area contributed by atoms with Crippen molar-refractivity contribution < 1.29 is 9.63 Å². The maximum atomic E-state index is 11.7. The molecule has 15 heavy (non-hydrogen) atoms. The summed E-state index contributed by atoms with van der Waals surface area (Å²) in [5, 5.41) is 3.21. The molecule has 0 fully saturated rings. The number of rotatable bonds is 2. The number of nitrogens with one attached hydrogen (secondary N) is 2. The zero-order chi connectivity index (χ0) is 10.7. The molecular formula is C11H14N2O2. The van der Waals surface area contributed by atoms with E-state index in [9.17, 15) is 4.79 Å². The number of amides is 1. The Balaban J connectivity index is 2.25. The van der Waals surface area contributed by atoms with Crippen molar-refractivity contribution in [1.29, 1.82) is 0 Å². The van der Waals surface area contributed by atoms with E-state index in [1.807, 2.05) is 24.3 Å². The molecule has 2 rings (SSSR count). The van der Waals surface area contributed by atoms with Crippen LogP contribution in [0, 0.1) is 0 Å². The van der Waals surface area contributed by atoms with Crippen LogP contribution in [0.25, 0.3) is 0 Å². The van der Waals surface area contributed by atoms with Gasteiger partial charge in [-0.3, -0.25) is 9.63 Å². The van der Waals surface area contributed by atoms with Crippen molar-refractivity contribution in [2.24, 2.45) is 0 Å². The van der Waals surface area contributed by atoms with Gasteiger partial charge in [-0.1, -0.05) is 24.3 Å². The van der Waals surface area contributed by atoms with Crippen LogP contribution >= 0.6 is 0 Å². The molecule has 0 aromatic heterocycles. The van der Waals surface area contributed by atoms with Crippen molar-refractivity contribution in [3.63, 3.8) is 0 Å². The zero-order valence-electron chi connectivity index (χ0n) is 8.62. The van der Waals surface area contributed by atoms with Crippen molar-refractivity contribution in [3.05, 3.63) is 35.4 Å². The highest BCUT2D eigenvalue weighted by Crippen LogP contribution is 2.23. The van der Waals surface area contributed by atoms with E-state index >= 15 is 0 Å². The maximum Gasteiger partial charge on any atom is 0.252 e. The van der Waals surface area contributed by atoms with E-state index in [1.165, 1.54) is 12.7 Å². The molecule has 1 amide bonds. The highest BCUT2D eigenvalue weighted by Gasteiger charge is 2.25. The van der Waals surface area contributed by atoms with Crippen LogP contribution in [0.5, 0.6) is 0 Å². The first-order valence-corrected chi connectivity index (χ1v) is 4.94. The van der Waals surface area contributed by atoms with Crippen LogP contribution in [-0.2, 0) is 16.2 Å². The Bertz CT molecular complexity index is 365. The van der Waals surface area contributed by atoms with E-state index in [4.69, 9.17) is 0 Å². The lowest BCUT2D eigenvalue weighted by Crippen LogP contribution is -2.38. The molecule has 0 bridgehead atoms. The molecule has 0 saturated heterocycles. The molecule has 2 N–H and O–H groups in total. The summed E-state index contributed by atoms with van der Waals surface area (Å²) in [6, 6.07) is 7.97. The third-order valence-corrected chi connectivity index (χ3v) is 2.61. The van der Waals surface area contributed by atoms with Gasteiger partial charge in [0.25, 0.3) is 5.91 Å². The number of hydrogen-bond donors (Lipinski definition) is 2. The van der Waals surface area contributed by atoms with Crippen molar-refractivity contribution in [2.75, 3.05) is 13.7 Å². The van der Waals surface area contributed by atoms with Crippen LogP contribution in [-0.4, -0.2) is 19.6 Å². The topological polar surface area (TPSA) is 50.4 Å². The Labute approximate surface area is 88.6 Å². The number of hydroxylamine groups is 1. The molecule has 0 radical (unpaired) electrons. The van der Waals surface area contributed by atoms with Crippen LogP contribution in [0.2, 0.25) is 0 Å². The van der Waals surface area contributed by atoms with Gasteiger partial charge in [0.1, 0.15) is 0 Å². The second-order valence-electron chi connectivity index (χ2n) is 3.55. The Hall–Kier alpha value is -1.39. The summed E-state index contributed by atoms with van der Waals surface area (Å²) in [4.78, 5) is 16.3. The zero-order valence-corrected chi connectivity index (χ0v) is 8.62. The minimum Gasteiger partial charge on any atom is -0.312 e. The number of fused-ring (bicyclic) bond motifs is 1. The number of carbonyl (C=O) groups is 1. The first-order chi connectivity index (χ1) is 7.33. The van der Waals surface area contributed by atoms with Crippen LogP contribution in [0.1, 0.15) is 17.0 Å². The fourth-order valence-corrected chi connectivity index (χ4v) is 1.90. The van der Waals surface area contributed by atoms with Crippen LogP contribution < -0.4 is 10.8 Å². The van der Waals surface area contributed by atoms with Gasteiger partial charge in [-0.2, -0.15) is 0 Å². The van der Waals surface area contributed by atoms with Gasteiger partial charge in [0.2, 0.25) is 0 Å². The molecule has 1 aromatic carbocycles. The number of hydrogen-bond acceptors (Lipinski definition) is 3. The highest BCUT2D eigenvalue weighted by atomic mass is 16.6.